The fourth-order valence-electron chi connectivity index (χ4n) is 6.95. The van der Waals surface area contributed by atoms with E-state index in [-0.39, 0.29) is 29.6 Å². The molecule has 38 heavy (non-hydrogen) atoms. The van der Waals surface area contributed by atoms with Crippen LogP contribution >= 0.6 is 0 Å². The van der Waals surface area contributed by atoms with Crippen LogP contribution in [0.25, 0.3) is 0 Å². The average molecular weight is 512 g/mol. The highest BCUT2D eigenvalue weighted by atomic mass is 16.5. The van der Waals surface area contributed by atoms with Crippen molar-refractivity contribution in [2.24, 2.45) is 18.9 Å². The van der Waals surface area contributed by atoms with Gasteiger partial charge in [-0.1, -0.05) is 30.3 Å². The normalized spacial score (nSPS) is 24.7. The maximum Gasteiger partial charge on any atom is 0.270 e. The molecule has 1 spiro atoms. The molecule has 9 heteroatoms. The zero-order chi connectivity index (χ0) is 26.0. The lowest BCUT2D eigenvalue weighted by Gasteiger charge is -2.31. The second-order valence-electron chi connectivity index (χ2n) is 10.9. The molecule has 1 saturated heterocycles. The molecule has 9 nitrogen and oxygen atoms in total. The number of ether oxygens (including phenoxy) is 1. The van der Waals surface area contributed by atoms with E-state index in [0.717, 1.165) is 17.7 Å². The van der Waals surface area contributed by atoms with Crippen LogP contribution in [-0.2, 0) is 33.2 Å². The highest BCUT2D eigenvalue weighted by Gasteiger charge is 2.60. The van der Waals surface area contributed by atoms with Gasteiger partial charge in [0.05, 0.1) is 5.41 Å². The number of amides is 3. The zero-order valence-electron chi connectivity index (χ0n) is 21.1. The van der Waals surface area contributed by atoms with Gasteiger partial charge in [-0.15, -0.1) is 0 Å². The molecular weight excluding hydrogens is 482 g/mol. The molecule has 1 saturated carbocycles. The van der Waals surface area contributed by atoms with Gasteiger partial charge in [0.1, 0.15) is 11.7 Å². The topological polar surface area (TPSA) is 114 Å². The van der Waals surface area contributed by atoms with Crippen molar-refractivity contribution in [2.45, 2.75) is 36.6 Å². The number of aryl methyl sites for hydroxylation is 1. The van der Waals surface area contributed by atoms with Crippen LogP contribution in [0.4, 0.5) is 11.4 Å². The molecule has 2 fully saturated rings. The van der Waals surface area contributed by atoms with Crippen LogP contribution < -0.4 is 16.0 Å². The van der Waals surface area contributed by atoms with E-state index in [9.17, 15) is 14.4 Å². The van der Waals surface area contributed by atoms with Gasteiger partial charge in [0, 0.05) is 37.8 Å². The molecule has 3 aromatic rings. The van der Waals surface area contributed by atoms with Gasteiger partial charge in [0.2, 0.25) is 11.8 Å². The summed E-state index contributed by atoms with van der Waals surface area (Å²) in [6, 6.07) is 14.9. The number of benzene rings is 2. The molecule has 2 aromatic carbocycles. The lowest BCUT2D eigenvalue weighted by molar-refractivity contribution is -0.124. The van der Waals surface area contributed by atoms with Crippen LogP contribution in [0.1, 0.15) is 45.9 Å². The number of hydrogen-bond acceptors (Lipinski definition) is 5. The summed E-state index contributed by atoms with van der Waals surface area (Å²) in [5, 5.41) is 13.1. The first-order chi connectivity index (χ1) is 18.5. The van der Waals surface area contributed by atoms with Crippen molar-refractivity contribution in [3.8, 4) is 0 Å². The van der Waals surface area contributed by atoms with Crippen molar-refractivity contribution >= 4 is 29.1 Å². The predicted molar refractivity (Wildman–Crippen MR) is 140 cm³/mol. The van der Waals surface area contributed by atoms with E-state index in [2.05, 4.69) is 33.2 Å². The minimum Gasteiger partial charge on any atom is -0.381 e. The molecule has 194 valence electrons. The summed E-state index contributed by atoms with van der Waals surface area (Å²) in [6.07, 6.45) is 3.76. The van der Waals surface area contributed by atoms with Crippen molar-refractivity contribution in [3.63, 3.8) is 0 Å². The van der Waals surface area contributed by atoms with Gasteiger partial charge in [0.15, 0.2) is 0 Å². The maximum absolute atomic E-state index is 13.7. The van der Waals surface area contributed by atoms with Crippen LogP contribution in [0.15, 0.2) is 54.7 Å². The lowest BCUT2D eigenvalue weighted by atomic mass is 9.75. The highest BCUT2D eigenvalue weighted by molar-refractivity contribution is 6.07. The Morgan fingerprint density at radius 1 is 1.16 bits per heavy atom. The van der Waals surface area contributed by atoms with Crippen LogP contribution in [0.5, 0.6) is 0 Å². The van der Waals surface area contributed by atoms with Crippen LogP contribution in [0.2, 0.25) is 0 Å². The number of hydrogen-bond donors (Lipinski definition) is 3. The van der Waals surface area contributed by atoms with Crippen molar-refractivity contribution in [3.05, 3.63) is 77.1 Å². The number of aromatic nitrogens is 2. The van der Waals surface area contributed by atoms with Crippen molar-refractivity contribution in [1.82, 2.24) is 15.1 Å². The summed E-state index contributed by atoms with van der Waals surface area (Å²) in [4.78, 5) is 39.8. The van der Waals surface area contributed by atoms with Crippen LogP contribution in [0.3, 0.4) is 0 Å². The lowest BCUT2D eigenvalue weighted by Crippen LogP contribution is -2.46. The van der Waals surface area contributed by atoms with E-state index in [1.165, 1.54) is 15.8 Å². The summed E-state index contributed by atoms with van der Waals surface area (Å²) in [5.41, 5.74) is 4.71. The first kappa shape index (κ1) is 23.2. The zero-order valence-corrected chi connectivity index (χ0v) is 21.1. The van der Waals surface area contributed by atoms with Gasteiger partial charge in [-0.25, -0.2) is 0 Å². The maximum atomic E-state index is 13.7. The number of anilines is 2. The molecule has 2 aliphatic heterocycles. The molecule has 1 aromatic heterocycles. The Labute approximate surface area is 219 Å². The molecule has 0 radical (unpaired) electrons. The van der Waals surface area contributed by atoms with E-state index in [1.807, 2.05) is 30.3 Å². The third-order valence-electron chi connectivity index (χ3n) is 8.94. The van der Waals surface area contributed by atoms with Crippen molar-refractivity contribution in [2.75, 3.05) is 23.8 Å². The molecule has 3 heterocycles. The fourth-order valence-corrected chi connectivity index (χ4v) is 6.95. The quantitative estimate of drug-likeness (QED) is 0.488. The standard InChI is InChI=1S/C29H29N5O4/c1-34-22(8-11-30-34)26(35)33-25(24-19-14-16-4-2-3-5-18(16)23(19)24)27(36)31-17-6-7-20-21(15-17)32-28(37)29(20)9-12-38-13-10-29/h2-8,11,15,19,23-25H,9-10,12-14H2,1H3,(H,31,36)(H,32,37)(H,33,35). The van der Waals surface area contributed by atoms with E-state index in [4.69, 9.17) is 4.74 Å². The van der Waals surface area contributed by atoms with E-state index in [1.54, 1.807) is 19.3 Å². The summed E-state index contributed by atoms with van der Waals surface area (Å²) < 4.78 is 7.00. The summed E-state index contributed by atoms with van der Waals surface area (Å²) in [5.74, 6) is -0.00975. The molecular formula is C29H29N5O4. The number of nitrogens with zero attached hydrogens (tertiary/aromatic N) is 2. The largest absolute Gasteiger partial charge is 0.381 e. The number of rotatable bonds is 5. The molecule has 3 amide bonds. The van der Waals surface area contributed by atoms with Crippen LogP contribution in [-0.4, -0.2) is 46.8 Å². The highest BCUT2D eigenvalue weighted by Crippen LogP contribution is 2.62. The Morgan fingerprint density at radius 3 is 2.76 bits per heavy atom. The third kappa shape index (κ3) is 3.49. The Balaban J connectivity index is 1.15. The first-order valence-corrected chi connectivity index (χ1v) is 13.2. The van der Waals surface area contributed by atoms with Gasteiger partial charge in [0.25, 0.3) is 5.91 Å². The van der Waals surface area contributed by atoms with Gasteiger partial charge < -0.3 is 20.7 Å². The van der Waals surface area contributed by atoms with Crippen molar-refractivity contribution < 1.29 is 19.1 Å². The summed E-state index contributed by atoms with van der Waals surface area (Å²) in [6.45, 7) is 1.10. The minimum absolute atomic E-state index is 0.00920. The average Bonchev–Trinajstić information content (AvgIpc) is 3.17. The predicted octanol–water partition coefficient (Wildman–Crippen LogP) is 2.74. The molecule has 4 unspecified atom stereocenters. The molecule has 7 rings (SSSR count). The van der Waals surface area contributed by atoms with E-state index in [0.29, 0.717) is 43.4 Å². The SMILES string of the molecule is Cn1nccc1C(=O)NC(C(=O)Nc1ccc2c(c1)NC(=O)C21CCOCC1)C1C2Cc3ccccc3C21. The summed E-state index contributed by atoms with van der Waals surface area (Å²) >= 11 is 0. The van der Waals surface area contributed by atoms with E-state index < -0.39 is 11.5 Å². The van der Waals surface area contributed by atoms with Crippen LogP contribution in [0, 0.1) is 11.8 Å². The van der Waals surface area contributed by atoms with Gasteiger partial charge in [-0.2, -0.15) is 5.10 Å². The monoisotopic (exact) mass is 511 g/mol. The van der Waals surface area contributed by atoms with Gasteiger partial charge in [-0.3, -0.25) is 19.1 Å². The number of carbonyl (C=O) groups is 3. The Morgan fingerprint density at radius 2 is 1.97 bits per heavy atom. The molecule has 2 aliphatic carbocycles. The van der Waals surface area contributed by atoms with Crippen molar-refractivity contribution in [1.29, 1.82) is 0 Å². The Bertz CT molecular complexity index is 1470. The minimum atomic E-state index is -0.703. The second-order valence-corrected chi connectivity index (χ2v) is 10.9. The second kappa shape index (κ2) is 8.52. The summed E-state index contributed by atoms with van der Waals surface area (Å²) in [7, 11) is 1.70. The number of carbonyl (C=O) groups excluding carboxylic acids is 3. The molecule has 0 bridgehead atoms. The fraction of sp³-hybridized carbons (Fsp3) is 0.379. The molecule has 4 atom stereocenters. The number of nitrogens with one attached hydrogen (secondary N) is 3. The Hall–Kier alpha value is -3.98. The molecule has 3 N–H and O–H groups in total. The van der Waals surface area contributed by atoms with Gasteiger partial charge in [-0.05, 0) is 71.9 Å². The smallest absolute Gasteiger partial charge is 0.270 e. The van der Waals surface area contributed by atoms with Gasteiger partial charge >= 0.3 is 0 Å². The number of fused-ring (bicyclic) bond motifs is 5. The van der Waals surface area contributed by atoms with E-state index >= 15 is 0 Å². The first-order valence-electron chi connectivity index (χ1n) is 13.2. The Kier molecular flexibility index (Phi) is 5.20. The third-order valence-corrected chi connectivity index (χ3v) is 8.94. The molecule has 4 aliphatic rings.